The topological polar surface area (TPSA) is 52.6 Å². The molecule has 132 valence electrons. The lowest BCUT2D eigenvalue weighted by atomic mass is 9.93. The van der Waals surface area contributed by atoms with Crippen LogP contribution < -0.4 is 5.32 Å². The van der Waals surface area contributed by atoms with E-state index in [2.05, 4.69) is 11.4 Å². The highest BCUT2D eigenvalue weighted by atomic mass is 19.1. The molecule has 0 aliphatic carbocycles. The van der Waals surface area contributed by atoms with E-state index in [4.69, 9.17) is 0 Å². The smallest absolute Gasteiger partial charge is 0.234 e. The maximum atomic E-state index is 13.6. The summed E-state index contributed by atoms with van der Waals surface area (Å²) in [5.74, 6) is -0.390. The number of hydrogen-bond donors (Lipinski definition) is 2. The van der Waals surface area contributed by atoms with E-state index in [1.807, 2.05) is 29.2 Å². The molecule has 0 spiro atoms. The minimum absolute atomic E-state index is 0.0204. The van der Waals surface area contributed by atoms with E-state index in [0.717, 1.165) is 24.1 Å². The van der Waals surface area contributed by atoms with Crippen molar-refractivity contribution in [1.29, 1.82) is 0 Å². The first-order valence-electron chi connectivity index (χ1n) is 8.53. The normalized spacial score (nSPS) is 17.2. The monoisotopic (exact) mass is 342 g/mol. The fourth-order valence-corrected chi connectivity index (χ4v) is 3.29. The van der Waals surface area contributed by atoms with Gasteiger partial charge in [-0.2, -0.15) is 0 Å². The van der Waals surface area contributed by atoms with Crippen molar-refractivity contribution in [2.24, 2.45) is 0 Å². The number of aryl methyl sites for hydroxylation is 1. The molecule has 1 atom stereocenters. The van der Waals surface area contributed by atoms with E-state index in [0.29, 0.717) is 12.1 Å². The summed E-state index contributed by atoms with van der Waals surface area (Å²) in [4.78, 5) is 14.3. The predicted octanol–water partition coefficient (Wildman–Crippen LogP) is 2.34. The average molecular weight is 342 g/mol. The molecule has 1 unspecified atom stereocenters. The van der Waals surface area contributed by atoms with Gasteiger partial charge in [0.05, 0.1) is 19.2 Å². The lowest BCUT2D eigenvalue weighted by Gasteiger charge is -2.35. The van der Waals surface area contributed by atoms with Gasteiger partial charge in [0, 0.05) is 13.1 Å². The Hall–Kier alpha value is -2.24. The van der Waals surface area contributed by atoms with Crippen molar-refractivity contribution in [2.45, 2.75) is 25.9 Å². The van der Waals surface area contributed by atoms with Gasteiger partial charge in [0.25, 0.3) is 0 Å². The number of hydrogen-bond acceptors (Lipinski definition) is 3. The number of halogens is 1. The lowest BCUT2D eigenvalue weighted by Crippen LogP contribution is -2.43. The number of carbonyl (C=O) groups excluding carboxylic acids is 1. The van der Waals surface area contributed by atoms with Crippen LogP contribution in [0.3, 0.4) is 0 Å². The SMILES string of the molecule is Cc1ccc(CNC(=O)CN2CCc3ccccc3C2CO)cc1F. The highest BCUT2D eigenvalue weighted by Gasteiger charge is 2.27. The van der Waals surface area contributed by atoms with Gasteiger partial charge in [-0.05, 0) is 41.7 Å². The molecule has 1 heterocycles. The summed E-state index contributed by atoms with van der Waals surface area (Å²) in [5, 5.41) is 12.6. The Morgan fingerprint density at radius 3 is 2.88 bits per heavy atom. The van der Waals surface area contributed by atoms with Crippen LogP contribution in [0.4, 0.5) is 4.39 Å². The molecule has 0 saturated heterocycles. The van der Waals surface area contributed by atoms with E-state index >= 15 is 0 Å². The molecule has 4 nitrogen and oxygen atoms in total. The highest BCUT2D eigenvalue weighted by molar-refractivity contribution is 5.78. The van der Waals surface area contributed by atoms with Gasteiger partial charge in [0.2, 0.25) is 5.91 Å². The third-order valence-corrected chi connectivity index (χ3v) is 4.77. The fraction of sp³-hybridized carbons (Fsp3) is 0.350. The largest absolute Gasteiger partial charge is 0.394 e. The van der Waals surface area contributed by atoms with Crippen LogP contribution in [0, 0.1) is 12.7 Å². The van der Waals surface area contributed by atoms with Gasteiger partial charge in [-0.15, -0.1) is 0 Å². The van der Waals surface area contributed by atoms with Crippen LogP contribution in [0.25, 0.3) is 0 Å². The Morgan fingerprint density at radius 2 is 2.12 bits per heavy atom. The van der Waals surface area contributed by atoms with Crippen LogP contribution in [0.2, 0.25) is 0 Å². The molecular weight excluding hydrogens is 319 g/mol. The molecule has 2 aromatic carbocycles. The van der Waals surface area contributed by atoms with Crippen LogP contribution in [0.5, 0.6) is 0 Å². The summed E-state index contributed by atoms with van der Waals surface area (Å²) in [6.07, 6.45) is 0.864. The van der Waals surface area contributed by atoms with Gasteiger partial charge in [0.1, 0.15) is 5.82 Å². The van der Waals surface area contributed by atoms with E-state index in [9.17, 15) is 14.3 Å². The fourth-order valence-electron chi connectivity index (χ4n) is 3.29. The van der Waals surface area contributed by atoms with Gasteiger partial charge in [-0.1, -0.05) is 36.4 Å². The molecule has 3 rings (SSSR count). The number of fused-ring (bicyclic) bond motifs is 1. The minimum Gasteiger partial charge on any atom is -0.394 e. The first-order valence-corrected chi connectivity index (χ1v) is 8.53. The maximum Gasteiger partial charge on any atom is 0.234 e. The number of aliphatic hydroxyl groups is 1. The number of amides is 1. The molecule has 25 heavy (non-hydrogen) atoms. The summed E-state index contributed by atoms with van der Waals surface area (Å²) >= 11 is 0. The average Bonchev–Trinajstić information content (AvgIpc) is 2.62. The van der Waals surface area contributed by atoms with Gasteiger partial charge < -0.3 is 10.4 Å². The summed E-state index contributed by atoms with van der Waals surface area (Å²) in [7, 11) is 0. The minimum atomic E-state index is -0.264. The van der Waals surface area contributed by atoms with Crippen LogP contribution in [-0.2, 0) is 17.8 Å². The molecule has 0 aromatic heterocycles. The maximum absolute atomic E-state index is 13.6. The van der Waals surface area contributed by atoms with Crippen LogP contribution in [0.15, 0.2) is 42.5 Å². The summed E-state index contributed by atoms with van der Waals surface area (Å²) in [5.41, 5.74) is 3.64. The number of carbonyl (C=O) groups is 1. The molecule has 2 aromatic rings. The second-order valence-electron chi connectivity index (χ2n) is 6.48. The van der Waals surface area contributed by atoms with Crippen molar-refractivity contribution in [3.63, 3.8) is 0 Å². The Morgan fingerprint density at radius 1 is 1.32 bits per heavy atom. The molecule has 0 saturated carbocycles. The zero-order chi connectivity index (χ0) is 17.8. The van der Waals surface area contributed by atoms with Gasteiger partial charge >= 0.3 is 0 Å². The van der Waals surface area contributed by atoms with Crippen LogP contribution in [0.1, 0.15) is 28.3 Å². The quantitative estimate of drug-likeness (QED) is 0.877. The van der Waals surface area contributed by atoms with Crippen molar-refractivity contribution in [3.05, 3.63) is 70.5 Å². The van der Waals surface area contributed by atoms with Crippen molar-refractivity contribution in [3.8, 4) is 0 Å². The predicted molar refractivity (Wildman–Crippen MR) is 94.5 cm³/mol. The van der Waals surface area contributed by atoms with Crippen LogP contribution >= 0.6 is 0 Å². The Bertz CT molecular complexity index is 763. The zero-order valence-corrected chi connectivity index (χ0v) is 14.3. The number of benzene rings is 2. The van der Waals surface area contributed by atoms with E-state index in [1.54, 1.807) is 13.0 Å². The number of aliphatic hydroxyl groups excluding tert-OH is 1. The van der Waals surface area contributed by atoms with Crippen molar-refractivity contribution < 1.29 is 14.3 Å². The van der Waals surface area contributed by atoms with Crippen LogP contribution in [-0.4, -0.2) is 35.6 Å². The van der Waals surface area contributed by atoms with Gasteiger partial charge in [0.15, 0.2) is 0 Å². The first kappa shape index (κ1) is 17.6. The summed E-state index contributed by atoms with van der Waals surface area (Å²) in [6.45, 7) is 2.93. The molecule has 0 bridgehead atoms. The molecule has 0 radical (unpaired) electrons. The van der Waals surface area contributed by atoms with Gasteiger partial charge in [-0.25, -0.2) is 4.39 Å². The molecule has 1 aliphatic heterocycles. The zero-order valence-electron chi connectivity index (χ0n) is 14.3. The first-order chi connectivity index (χ1) is 12.1. The van der Waals surface area contributed by atoms with Crippen molar-refractivity contribution >= 4 is 5.91 Å². The Labute approximate surface area is 147 Å². The number of rotatable bonds is 5. The van der Waals surface area contributed by atoms with Crippen molar-refractivity contribution in [1.82, 2.24) is 10.2 Å². The third-order valence-electron chi connectivity index (χ3n) is 4.77. The van der Waals surface area contributed by atoms with E-state index < -0.39 is 0 Å². The number of nitrogens with zero attached hydrogens (tertiary/aromatic N) is 1. The standard InChI is InChI=1S/C20H23FN2O2/c1-14-6-7-15(10-18(14)21)11-22-20(25)12-23-9-8-16-4-2-3-5-17(16)19(23)13-24/h2-7,10,19,24H,8-9,11-13H2,1H3,(H,22,25). The van der Waals surface area contributed by atoms with E-state index in [1.165, 1.54) is 11.6 Å². The molecule has 0 fully saturated rings. The lowest BCUT2D eigenvalue weighted by molar-refractivity contribution is -0.123. The molecule has 1 amide bonds. The summed E-state index contributed by atoms with van der Waals surface area (Å²) < 4.78 is 13.6. The Balaban J connectivity index is 1.60. The number of nitrogens with one attached hydrogen (secondary N) is 1. The highest BCUT2D eigenvalue weighted by Crippen LogP contribution is 2.28. The molecule has 5 heteroatoms. The molecular formula is C20H23FN2O2. The molecule has 1 aliphatic rings. The molecule has 2 N–H and O–H groups in total. The van der Waals surface area contributed by atoms with Gasteiger partial charge in [-0.3, -0.25) is 9.69 Å². The second kappa shape index (κ2) is 7.76. The third kappa shape index (κ3) is 4.06. The van der Waals surface area contributed by atoms with Crippen molar-refractivity contribution in [2.75, 3.05) is 19.7 Å². The van der Waals surface area contributed by atoms with E-state index in [-0.39, 0.29) is 30.9 Å². The Kier molecular flexibility index (Phi) is 5.46. The second-order valence-corrected chi connectivity index (χ2v) is 6.48. The summed E-state index contributed by atoms with van der Waals surface area (Å²) in [6, 6.07) is 12.8.